The molecule has 0 aliphatic carbocycles. The third kappa shape index (κ3) is 6.08. The first kappa shape index (κ1) is 34.4. The van der Waals surface area contributed by atoms with E-state index in [2.05, 4.69) is 229 Å². The Balaban J connectivity index is 1.16. The van der Waals surface area contributed by atoms with Crippen molar-refractivity contribution in [2.24, 2.45) is 0 Å². The van der Waals surface area contributed by atoms with Crippen LogP contribution in [0.4, 0.5) is 17.1 Å². The molecule has 0 fully saturated rings. The molecular weight excluding hydrogens is 715 g/mol. The molecule has 3 nitrogen and oxygen atoms in total. The summed E-state index contributed by atoms with van der Waals surface area (Å²) in [6.07, 6.45) is 0. The molecule has 9 aromatic carbocycles. The summed E-state index contributed by atoms with van der Waals surface area (Å²) < 4.78 is 0. The van der Waals surface area contributed by atoms with Gasteiger partial charge in [-0.1, -0.05) is 182 Å². The summed E-state index contributed by atoms with van der Waals surface area (Å²) in [6.45, 7) is 0. The summed E-state index contributed by atoms with van der Waals surface area (Å²) >= 11 is 0. The maximum Gasteiger partial charge on any atom is 0.0956 e. The molecular formula is C56H37N3. The molecule has 59 heavy (non-hydrogen) atoms. The fourth-order valence-corrected chi connectivity index (χ4v) is 8.69. The van der Waals surface area contributed by atoms with Crippen LogP contribution in [0.3, 0.4) is 0 Å². The summed E-state index contributed by atoms with van der Waals surface area (Å²) in [5.41, 5.74) is 13.9. The molecule has 2 heterocycles. The van der Waals surface area contributed by atoms with Crippen LogP contribution in [0.1, 0.15) is 0 Å². The number of benzene rings is 9. The topological polar surface area (TPSA) is 29.0 Å². The minimum absolute atomic E-state index is 0.939. The molecule has 3 heteroatoms. The Kier molecular flexibility index (Phi) is 8.49. The summed E-state index contributed by atoms with van der Waals surface area (Å²) in [5, 5.41) is 6.83. The molecule has 0 unspecified atom stereocenters. The monoisotopic (exact) mass is 751 g/mol. The first-order chi connectivity index (χ1) is 29.3. The van der Waals surface area contributed by atoms with Crippen molar-refractivity contribution < 1.29 is 0 Å². The van der Waals surface area contributed by atoms with Crippen LogP contribution in [-0.2, 0) is 0 Å². The van der Waals surface area contributed by atoms with Gasteiger partial charge >= 0.3 is 0 Å². The van der Waals surface area contributed by atoms with E-state index in [9.17, 15) is 0 Å². The van der Waals surface area contributed by atoms with Gasteiger partial charge in [0.05, 0.1) is 28.1 Å². The zero-order chi connectivity index (χ0) is 39.1. The zero-order valence-electron chi connectivity index (χ0n) is 32.2. The number of rotatable bonds is 7. The average Bonchev–Trinajstić information content (AvgIpc) is 3.32. The van der Waals surface area contributed by atoms with Gasteiger partial charge in [0.1, 0.15) is 0 Å². The van der Waals surface area contributed by atoms with E-state index in [0.717, 1.165) is 88.7 Å². The predicted molar refractivity (Wildman–Crippen MR) is 248 cm³/mol. The first-order valence-electron chi connectivity index (χ1n) is 20.1. The molecule has 0 radical (unpaired) electrons. The fraction of sp³-hybridized carbons (Fsp3) is 0. The highest BCUT2D eigenvalue weighted by Crippen LogP contribution is 2.45. The fourth-order valence-electron chi connectivity index (χ4n) is 8.69. The van der Waals surface area contributed by atoms with Gasteiger partial charge in [-0.05, 0) is 75.5 Å². The van der Waals surface area contributed by atoms with E-state index < -0.39 is 0 Å². The average molecular weight is 752 g/mol. The molecule has 0 N–H and O–H groups in total. The lowest BCUT2D eigenvalue weighted by molar-refractivity contribution is 1.28. The van der Waals surface area contributed by atoms with Gasteiger partial charge in [-0.2, -0.15) is 0 Å². The van der Waals surface area contributed by atoms with E-state index in [1.165, 1.54) is 16.5 Å². The van der Waals surface area contributed by atoms with E-state index in [0.29, 0.717) is 0 Å². The molecule has 0 spiro atoms. The van der Waals surface area contributed by atoms with Crippen molar-refractivity contribution in [2.45, 2.75) is 0 Å². The van der Waals surface area contributed by atoms with Crippen LogP contribution >= 0.6 is 0 Å². The standard InChI is InChI=1S/C56H37N3/c1-5-17-38(18-6-1)39-31-33-40(34-32-39)50-37-52(57-51-29-14-13-25-46(50)51)45-26-15-27-47-44(45)35-36-49-54(47)48-28-16-30-53(56(48)58-55(49)41-19-7-2-8-20-41)59(42-21-9-3-10-22-42)43-23-11-4-12-24-43/h1-37H. The molecule has 0 amide bonds. The third-order valence-electron chi connectivity index (χ3n) is 11.4. The minimum Gasteiger partial charge on any atom is -0.308 e. The van der Waals surface area contributed by atoms with Crippen LogP contribution in [0, 0.1) is 0 Å². The molecule has 2 aromatic heterocycles. The van der Waals surface area contributed by atoms with Crippen LogP contribution < -0.4 is 4.90 Å². The molecule has 276 valence electrons. The summed E-state index contributed by atoms with van der Waals surface area (Å²) in [4.78, 5) is 13.2. The Bertz CT molecular complexity index is 3250. The predicted octanol–water partition coefficient (Wildman–Crippen LogP) is 15.2. The maximum absolute atomic E-state index is 5.58. The van der Waals surface area contributed by atoms with Crippen LogP contribution in [0.5, 0.6) is 0 Å². The number of aromatic nitrogens is 2. The van der Waals surface area contributed by atoms with Crippen LogP contribution in [0.2, 0.25) is 0 Å². The molecule has 11 aromatic rings. The normalized spacial score (nSPS) is 11.4. The SMILES string of the molecule is c1ccc(-c2ccc(-c3cc(-c4cccc5c4ccc4c(-c6ccccc6)nc6c(N(c7ccccc7)c7ccccc7)cccc6c45)nc4ccccc34)cc2)cc1. The Labute approximate surface area is 343 Å². The van der Waals surface area contributed by atoms with E-state index in [4.69, 9.17) is 9.97 Å². The van der Waals surface area contributed by atoms with Gasteiger partial charge < -0.3 is 4.90 Å². The highest BCUT2D eigenvalue weighted by atomic mass is 15.1. The maximum atomic E-state index is 5.58. The highest BCUT2D eigenvalue weighted by molar-refractivity contribution is 6.25. The lowest BCUT2D eigenvalue weighted by Gasteiger charge is -2.27. The number of pyridine rings is 2. The number of hydrogen-bond donors (Lipinski definition) is 0. The number of para-hydroxylation sites is 4. The van der Waals surface area contributed by atoms with E-state index in [1.807, 2.05) is 0 Å². The summed E-state index contributed by atoms with van der Waals surface area (Å²) in [7, 11) is 0. The van der Waals surface area contributed by atoms with E-state index >= 15 is 0 Å². The largest absolute Gasteiger partial charge is 0.308 e. The van der Waals surface area contributed by atoms with Crippen LogP contribution in [0.15, 0.2) is 224 Å². The second kappa shape index (κ2) is 14.6. The highest BCUT2D eigenvalue weighted by Gasteiger charge is 2.21. The number of hydrogen-bond acceptors (Lipinski definition) is 3. The van der Waals surface area contributed by atoms with Gasteiger partial charge in [-0.3, -0.25) is 0 Å². The molecule has 0 bridgehead atoms. The van der Waals surface area contributed by atoms with Crippen molar-refractivity contribution >= 4 is 60.4 Å². The van der Waals surface area contributed by atoms with Crippen molar-refractivity contribution in [3.8, 4) is 44.8 Å². The van der Waals surface area contributed by atoms with Crippen molar-refractivity contribution in [3.05, 3.63) is 224 Å². The Morgan fingerprint density at radius 3 is 1.58 bits per heavy atom. The molecule has 0 aliphatic rings. The summed E-state index contributed by atoms with van der Waals surface area (Å²) in [6, 6.07) is 79.7. The second-order valence-corrected chi connectivity index (χ2v) is 14.9. The number of anilines is 3. The Morgan fingerprint density at radius 2 is 0.864 bits per heavy atom. The van der Waals surface area contributed by atoms with Crippen LogP contribution in [0.25, 0.3) is 88.1 Å². The molecule has 0 aliphatic heterocycles. The van der Waals surface area contributed by atoms with Gasteiger partial charge in [0, 0.05) is 44.0 Å². The van der Waals surface area contributed by atoms with Crippen molar-refractivity contribution in [2.75, 3.05) is 4.90 Å². The Morgan fingerprint density at radius 1 is 0.322 bits per heavy atom. The van der Waals surface area contributed by atoms with Gasteiger partial charge in [0.25, 0.3) is 0 Å². The van der Waals surface area contributed by atoms with Gasteiger partial charge in [0.2, 0.25) is 0 Å². The Hall–Kier alpha value is -7.88. The summed E-state index contributed by atoms with van der Waals surface area (Å²) in [5.74, 6) is 0. The smallest absolute Gasteiger partial charge is 0.0956 e. The molecule has 0 saturated carbocycles. The second-order valence-electron chi connectivity index (χ2n) is 14.9. The zero-order valence-corrected chi connectivity index (χ0v) is 32.2. The number of fused-ring (bicyclic) bond motifs is 6. The van der Waals surface area contributed by atoms with Gasteiger partial charge in [-0.15, -0.1) is 0 Å². The quantitative estimate of drug-likeness (QED) is 0.152. The molecule has 0 atom stereocenters. The minimum atomic E-state index is 0.939. The lowest BCUT2D eigenvalue weighted by atomic mass is 9.91. The van der Waals surface area contributed by atoms with Gasteiger partial charge in [-0.25, -0.2) is 9.97 Å². The van der Waals surface area contributed by atoms with E-state index in [1.54, 1.807) is 0 Å². The number of nitrogens with zero attached hydrogens (tertiary/aromatic N) is 3. The van der Waals surface area contributed by atoms with Crippen molar-refractivity contribution in [3.63, 3.8) is 0 Å². The van der Waals surface area contributed by atoms with E-state index in [-0.39, 0.29) is 0 Å². The third-order valence-corrected chi connectivity index (χ3v) is 11.4. The molecule has 0 saturated heterocycles. The van der Waals surface area contributed by atoms with Crippen LogP contribution in [-0.4, -0.2) is 9.97 Å². The lowest BCUT2D eigenvalue weighted by Crippen LogP contribution is -2.11. The first-order valence-corrected chi connectivity index (χ1v) is 20.1. The van der Waals surface area contributed by atoms with Crippen molar-refractivity contribution in [1.82, 2.24) is 9.97 Å². The molecule has 11 rings (SSSR count). The van der Waals surface area contributed by atoms with Gasteiger partial charge in [0.15, 0.2) is 0 Å². The van der Waals surface area contributed by atoms with Crippen molar-refractivity contribution in [1.29, 1.82) is 0 Å².